The number of hydrogen-bond donors (Lipinski definition) is 2. The molecule has 0 aromatic heterocycles. The Morgan fingerprint density at radius 3 is 2.27 bits per heavy atom. The maximum Gasteiger partial charge on any atom is 0.306 e. The molecule has 1 heterocycles. The van der Waals surface area contributed by atoms with Crippen LogP contribution in [-0.2, 0) is 14.3 Å². The van der Waals surface area contributed by atoms with E-state index >= 15 is 0 Å². The molecule has 45 heavy (non-hydrogen) atoms. The van der Waals surface area contributed by atoms with Crippen LogP contribution in [0.2, 0.25) is 0 Å². The average Bonchev–Trinajstić information content (AvgIpc) is 3.38. The van der Waals surface area contributed by atoms with E-state index in [1.165, 1.54) is 83.8 Å². The monoisotopic (exact) mass is 627 g/mol. The third kappa shape index (κ3) is 5.62. The summed E-state index contributed by atoms with van der Waals surface area (Å²) in [6.07, 6.45) is 16.1. The molecule has 6 aliphatic rings. The highest BCUT2D eigenvalue weighted by molar-refractivity contribution is 5.73. The first-order valence-corrected chi connectivity index (χ1v) is 18.9. The molecule has 9 atom stereocenters. The Hall–Kier alpha value is -1.14. The van der Waals surface area contributed by atoms with Crippen LogP contribution in [0.15, 0.2) is 0 Å². The van der Waals surface area contributed by atoms with Crippen LogP contribution in [0.1, 0.15) is 138 Å². The summed E-state index contributed by atoms with van der Waals surface area (Å²) < 4.78 is 6.27. The summed E-state index contributed by atoms with van der Waals surface area (Å²) >= 11 is 0. The van der Waals surface area contributed by atoms with Crippen molar-refractivity contribution in [1.82, 2.24) is 10.2 Å². The van der Waals surface area contributed by atoms with Crippen LogP contribution in [0.4, 0.5) is 0 Å². The summed E-state index contributed by atoms with van der Waals surface area (Å²) in [6.45, 7) is 22.6. The molecule has 256 valence electrons. The van der Waals surface area contributed by atoms with Gasteiger partial charge in [0.1, 0.15) is 6.10 Å². The minimum atomic E-state index is -0.859. The number of nitrogens with zero attached hydrogens (tertiary/aromatic N) is 1. The fourth-order valence-electron chi connectivity index (χ4n) is 13.7. The predicted octanol–water partition coefficient (Wildman–Crippen LogP) is 7.94. The number of fused-ring (bicyclic) bond motifs is 7. The standard InChI is InChI=1S/C39H66N2O4/c1-34(2,25-32(42)43)26-33(44)45-31-13-15-36(5)29(35(31,3)4)12-16-38(7)30(36)11-10-27-28-9-8-14-39(28,18-17-37(27,38)6)19-22-41-23-20-40-21-24-41/h27-31,40H,8-26H2,1-7H3,(H,42,43)/t27-,28-,29?,30?,31+,36+,37-,38-,39-/m1/s1. The second kappa shape index (κ2) is 11.8. The summed E-state index contributed by atoms with van der Waals surface area (Å²) in [5.41, 5.74) is 0.953. The predicted molar refractivity (Wildman–Crippen MR) is 180 cm³/mol. The molecular formula is C39H66N2O4. The fourth-order valence-corrected chi connectivity index (χ4v) is 13.7. The van der Waals surface area contributed by atoms with E-state index in [-0.39, 0.29) is 35.7 Å². The van der Waals surface area contributed by atoms with Crippen molar-refractivity contribution in [2.75, 3.05) is 32.7 Å². The molecular weight excluding hydrogens is 560 g/mol. The molecule has 0 bridgehead atoms. The molecule has 0 radical (unpaired) electrons. The van der Waals surface area contributed by atoms with Gasteiger partial charge < -0.3 is 20.1 Å². The first-order chi connectivity index (χ1) is 21.1. The van der Waals surface area contributed by atoms with Crippen LogP contribution in [0.3, 0.4) is 0 Å². The third-order valence-electron chi connectivity index (χ3n) is 16.1. The molecule has 2 N–H and O–H groups in total. The highest BCUT2D eigenvalue weighted by Crippen LogP contribution is 2.77. The van der Waals surface area contributed by atoms with E-state index in [4.69, 9.17) is 4.74 Å². The Morgan fingerprint density at radius 1 is 0.822 bits per heavy atom. The van der Waals surface area contributed by atoms with Gasteiger partial charge in [-0.25, -0.2) is 0 Å². The van der Waals surface area contributed by atoms with E-state index in [1.54, 1.807) is 0 Å². The van der Waals surface area contributed by atoms with Crippen molar-refractivity contribution in [2.24, 2.45) is 56.2 Å². The molecule has 6 heteroatoms. The number of aliphatic carboxylic acids is 1. The van der Waals surface area contributed by atoms with Gasteiger partial charge in [-0.05, 0) is 128 Å². The lowest BCUT2D eigenvalue weighted by Crippen LogP contribution is -2.66. The number of carbonyl (C=O) groups excluding carboxylic acids is 1. The van der Waals surface area contributed by atoms with Gasteiger partial charge in [-0.15, -0.1) is 0 Å². The van der Waals surface area contributed by atoms with E-state index in [1.807, 2.05) is 13.8 Å². The molecule has 2 unspecified atom stereocenters. The van der Waals surface area contributed by atoms with Gasteiger partial charge in [0, 0.05) is 31.6 Å². The molecule has 0 aromatic carbocycles. The highest BCUT2D eigenvalue weighted by Gasteiger charge is 2.70. The lowest BCUT2D eigenvalue weighted by molar-refractivity contribution is -0.249. The number of carbonyl (C=O) groups is 2. The van der Waals surface area contributed by atoms with Gasteiger partial charge >= 0.3 is 11.9 Å². The quantitative estimate of drug-likeness (QED) is 0.266. The summed E-state index contributed by atoms with van der Waals surface area (Å²) in [5.74, 6) is 1.97. The Bertz CT molecular complexity index is 1130. The van der Waals surface area contributed by atoms with Crippen LogP contribution >= 0.6 is 0 Å². The zero-order valence-electron chi connectivity index (χ0n) is 29.9. The summed E-state index contributed by atoms with van der Waals surface area (Å²) in [6, 6.07) is 0. The van der Waals surface area contributed by atoms with Gasteiger partial charge in [-0.1, -0.05) is 54.9 Å². The number of hydrogen-bond acceptors (Lipinski definition) is 5. The Morgan fingerprint density at radius 2 is 1.56 bits per heavy atom. The van der Waals surface area contributed by atoms with Crippen LogP contribution in [-0.4, -0.2) is 60.8 Å². The first-order valence-electron chi connectivity index (χ1n) is 18.9. The van der Waals surface area contributed by atoms with Crippen molar-refractivity contribution in [3.05, 3.63) is 0 Å². The zero-order chi connectivity index (χ0) is 32.5. The molecule has 6 fully saturated rings. The first kappa shape index (κ1) is 33.7. The third-order valence-corrected chi connectivity index (χ3v) is 16.1. The van der Waals surface area contributed by atoms with Gasteiger partial charge in [-0.3, -0.25) is 9.59 Å². The van der Waals surface area contributed by atoms with Gasteiger partial charge in [0.05, 0.1) is 12.8 Å². The number of carboxylic acid groups (broad SMARTS) is 1. The topological polar surface area (TPSA) is 78.9 Å². The number of ether oxygens (including phenoxy) is 1. The van der Waals surface area contributed by atoms with Gasteiger partial charge in [0.25, 0.3) is 0 Å². The Balaban J connectivity index is 1.17. The smallest absolute Gasteiger partial charge is 0.306 e. The molecule has 6 nitrogen and oxygen atoms in total. The van der Waals surface area contributed by atoms with Crippen molar-refractivity contribution < 1.29 is 19.4 Å². The molecule has 1 aliphatic heterocycles. The van der Waals surface area contributed by atoms with Gasteiger partial charge in [0.2, 0.25) is 0 Å². The number of rotatable bonds is 8. The van der Waals surface area contributed by atoms with E-state index in [0.29, 0.717) is 22.2 Å². The zero-order valence-corrected chi connectivity index (χ0v) is 29.9. The second-order valence-electron chi connectivity index (χ2n) is 19.1. The minimum Gasteiger partial charge on any atom is -0.481 e. The van der Waals surface area contributed by atoms with E-state index < -0.39 is 11.4 Å². The summed E-state index contributed by atoms with van der Waals surface area (Å²) in [5, 5.41) is 12.8. The minimum absolute atomic E-state index is 0.0188. The van der Waals surface area contributed by atoms with Gasteiger partial charge in [0.15, 0.2) is 0 Å². The van der Waals surface area contributed by atoms with Crippen molar-refractivity contribution in [3.63, 3.8) is 0 Å². The van der Waals surface area contributed by atoms with Crippen molar-refractivity contribution in [1.29, 1.82) is 0 Å². The second-order valence-corrected chi connectivity index (χ2v) is 19.1. The van der Waals surface area contributed by atoms with Crippen molar-refractivity contribution >= 4 is 11.9 Å². The summed E-state index contributed by atoms with van der Waals surface area (Å²) in [4.78, 5) is 27.2. The lowest BCUT2D eigenvalue weighted by atomic mass is 9.32. The Kier molecular flexibility index (Phi) is 8.83. The molecule has 5 saturated carbocycles. The van der Waals surface area contributed by atoms with Crippen molar-refractivity contribution in [2.45, 2.75) is 144 Å². The van der Waals surface area contributed by atoms with Gasteiger partial charge in [-0.2, -0.15) is 0 Å². The summed E-state index contributed by atoms with van der Waals surface area (Å²) in [7, 11) is 0. The van der Waals surface area contributed by atoms with E-state index in [2.05, 4.69) is 44.8 Å². The van der Waals surface area contributed by atoms with Crippen molar-refractivity contribution in [3.8, 4) is 0 Å². The van der Waals surface area contributed by atoms with E-state index in [0.717, 1.165) is 43.7 Å². The molecule has 0 aromatic rings. The molecule has 5 aliphatic carbocycles. The molecule has 0 amide bonds. The highest BCUT2D eigenvalue weighted by atomic mass is 16.5. The molecule has 1 saturated heterocycles. The van der Waals surface area contributed by atoms with Crippen LogP contribution < -0.4 is 5.32 Å². The van der Waals surface area contributed by atoms with Crippen LogP contribution in [0.25, 0.3) is 0 Å². The molecule has 0 spiro atoms. The van der Waals surface area contributed by atoms with E-state index in [9.17, 15) is 14.7 Å². The fraction of sp³-hybridized carbons (Fsp3) is 0.949. The number of esters is 1. The Labute approximate surface area is 274 Å². The number of carboxylic acids is 1. The largest absolute Gasteiger partial charge is 0.481 e. The van der Waals surface area contributed by atoms with Crippen LogP contribution in [0.5, 0.6) is 0 Å². The maximum atomic E-state index is 13.1. The lowest BCUT2D eigenvalue weighted by Gasteiger charge is -2.72. The normalized spacial score (nSPS) is 44.6. The SMILES string of the molecule is CC(C)(CC(=O)O)CC(=O)O[C@H]1CC[C@@]2(C)C(CC[C@]3(C)C2CC[C@@H]2[C@H]4CCC[C@]4(CCN4CCNCC4)CC[C@]23C)C1(C)C. The maximum absolute atomic E-state index is 13.1. The number of piperazine rings is 1. The average molecular weight is 627 g/mol. The van der Waals surface area contributed by atoms with Crippen LogP contribution in [0, 0.1) is 56.2 Å². The molecule has 6 rings (SSSR count). The number of nitrogens with one attached hydrogen (secondary N) is 1.